The summed E-state index contributed by atoms with van der Waals surface area (Å²) in [4.78, 5) is 40.1. The van der Waals surface area contributed by atoms with Gasteiger partial charge < -0.3 is 9.84 Å². The molecule has 3 aromatic rings. The fraction of sp³-hybridized carbons (Fsp3) is 0.179. The van der Waals surface area contributed by atoms with Crippen LogP contribution in [0.2, 0.25) is 0 Å². The van der Waals surface area contributed by atoms with Crippen molar-refractivity contribution in [2.45, 2.75) is 26.8 Å². The Kier molecular flexibility index (Phi) is 6.89. The van der Waals surface area contributed by atoms with E-state index in [1.165, 1.54) is 4.90 Å². The van der Waals surface area contributed by atoms with Crippen molar-refractivity contribution in [3.8, 4) is 0 Å². The quantitative estimate of drug-likeness (QED) is 0.192. The molecule has 3 aromatic carbocycles. The van der Waals surface area contributed by atoms with Crippen molar-refractivity contribution < 1.29 is 24.2 Å². The van der Waals surface area contributed by atoms with E-state index < -0.39 is 23.7 Å². The molecule has 1 saturated heterocycles. The Morgan fingerprint density at radius 2 is 1.63 bits per heavy atom. The number of halogens is 1. The number of esters is 1. The van der Waals surface area contributed by atoms with Gasteiger partial charge >= 0.3 is 5.97 Å². The number of hydrogen-bond donors (Lipinski definition) is 1. The smallest absolute Gasteiger partial charge is 0.338 e. The molecule has 1 unspecified atom stereocenters. The maximum Gasteiger partial charge on any atom is 0.338 e. The number of anilines is 1. The average molecular weight is 534 g/mol. The van der Waals surface area contributed by atoms with E-state index in [2.05, 4.69) is 15.9 Å². The van der Waals surface area contributed by atoms with Crippen LogP contribution in [-0.4, -0.2) is 29.4 Å². The van der Waals surface area contributed by atoms with Crippen molar-refractivity contribution in [2.75, 3.05) is 11.5 Å². The number of aliphatic hydroxyl groups excluding tert-OH is 1. The SMILES string of the molecule is CCOC(=O)c1ccc(N2C(=O)C(=O)/C(=C(/O)c3ccc(Br)c(C)c3)C2c2ccccc2C)cc1. The third-order valence-electron chi connectivity index (χ3n) is 6.02. The number of benzene rings is 3. The van der Waals surface area contributed by atoms with Gasteiger partial charge in [0.1, 0.15) is 5.76 Å². The molecular weight excluding hydrogens is 510 g/mol. The van der Waals surface area contributed by atoms with Crippen molar-refractivity contribution in [3.63, 3.8) is 0 Å². The summed E-state index contributed by atoms with van der Waals surface area (Å²) in [7, 11) is 0. The predicted octanol–water partition coefficient (Wildman–Crippen LogP) is 5.87. The molecule has 1 amide bonds. The molecule has 0 bridgehead atoms. The van der Waals surface area contributed by atoms with E-state index in [0.29, 0.717) is 16.8 Å². The summed E-state index contributed by atoms with van der Waals surface area (Å²) >= 11 is 3.45. The maximum atomic E-state index is 13.3. The Bertz CT molecular complexity index is 1360. The maximum absolute atomic E-state index is 13.3. The van der Waals surface area contributed by atoms with Crippen LogP contribution in [0.1, 0.15) is 45.6 Å². The number of carbonyl (C=O) groups is 3. The first kappa shape index (κ1) is 24.4. The van der Waals surface area contributed by atoms with E-state index in [1.807, 2.05) is 38.1 Å². The van der Waals surface area contributed by atoms with Gasteiger partial charge in [-0.15, -0.1) is 0 Å². The number of rotatable bonds is 5. The summed E-state index contributed by atoms with van der Waals surface area (Å²) < 4.78 is 5.90. The molecule has 1 aliphatic heterocycles. The Balaban J connectivity index is 1.89. The molecule has 0 saturated carbocycles. The second-order valence-corrected chi connectivity index (χ2v) is 9.11. The minimum atomic E-state index is -0.839. The number of aliphatic hydroxyl groups is 1. The summed E-state index contributed by atoms with van der Waals surface area (Å²) in [6.07, 6.45) is 0. The van der Waals surface area contributed by atoms with Gasteiger partial charge in [-0.3, -0.25) is 14.5 Å². The van der Waals surface area contributed by atoms with E-state index in [-0.39, 0.29) is 17.9 Å². The predicted molar refractivity (Wildman–Crippen MR) is 137 cm³/mol. The summed E-state index contributed by atoms with van der Waals surface area (Å²) in [5.41, 5.74) is 3.69. The summed E-state index contributed by atoms with van der Waals surface area (Å²) in [6.45, 7) is 5.74. The summed E-state index contributed by atoms with van der Waals surface area (Å²) in [5, 5.41) is 11.3. The number of ketones is 1. The second kappa shape index (κ2) is 9.88. The molecule has 1 aliphatic rings. The molecular formula is C28H24BrNO5. The number of Topliss-reactive ketones (excluding diaryl/α,β-unsaturated/α-hetero) is 1. The molecule has 1 heterocycles. The van der Waals surface area contributed by atoms with Crippen LogP contribution in [0.4, 0.5) is 5.69 Å². The van der Waals surface area contributed by atoms with Gasteiger partial charge in [-0.1, -0.05) is 46.3 Å². The molecule has 1 N–H and O–H groups in total. The van der Waals surface area contributed by atoms with Crippen LogP contribution >= 0.6 is 15.9 Å². The van der Waals surface area contributed by atoms with Gasteiger partial charge in [0.05, 0.1) is 23.8 Å². The van der Waals surface area contributed by atoms with Crippen molar-refractivity contribution in [3.05, 3.63) is 105 Å². The van der Waals surface area contributed by atoms with Gasteiger partial charge in [0.25, 0.3) is 11.7 Å². The third kappa shape index (κ3) is 4.51. The Labute approximate surface area is 212 Å². The fourth-order valence-electron chi connectivity index (χ4n) is 4.21. The standard InChI is InChI=1S/C28H24BrNO5/c1-4-35-28(34)18-9-12-20(13-10-18)30-24(21-8-6-5-7-16(21)2)23(26(32)27(30)33)25(31)19-11-14-22(29)17(3)15-19/h5-15,24,31H,4H2,1-3H3/b25-23+. The topological polar surface area (TPSA) is 83.9 Å². The normalized spacial score (nSPS) is 17.0. The van der Waals surface area contributed by atoms with Crippen LogP contribution in [0.25, 0.3) is 5.76 Å². The minimum absolute atomic E-state index is 0.0143. The highest BCUT2D eigenvalue weighted by Gasteiger charge is 2.47. The van der Waals surface area contributed by atoms with Gasteiger partial charge in [-0.25, -0.2) is 4.79 Å². The lowest BCUT2D eigenvalue weighted by atomic mass is 9.92. The van der Waals surface area contributed by atoms with Crippen LogP contribution in [-0.2, 0) is 14.3 Å². The number of aryl methyl sites for hydroxylation is 2. The molecule has 0 aromatic heterocycles. The first-order valence-electron chi connectivity index (χ1n) is 11.1. The largest absolute Gasteiger partial charge is 0.507 e. The average Bonchev–Trinajstić information content (AvgIpc) is 3.11. The molecule has 0 radical (unpaired) electrons. The van der Waals surface area contributed by atoms with Gasteiger partial charge in [0.2, 0.25) is 0 Å². The zero-order valence-electron chi connectivity index (χ0n) is 19.5. The Hall–Kier alpha value is -3.71. The van der Waals surface area contributed by atoms with E-state index >= 15 is 0 Å². The number of amides is 1. The highest BCUT2D eigenvalue weighted by atomic mass is 79.9. The molecule has 7 heteroatoms. The fourth-order valence-corrected chi connectivity index (χ4v) is 4.45. The zero-order valence-corrected chi connectivity index (χ0v) is 21.1. The van der Waals surface area contributed by atoms with Crippen molar-refractivity contribution >= 4 is 45.0 Å². The van der Waals surface area contributed by atoms with Gasteiger partial charge in [0, 0.05) is 15.7 Å². The van der Waals surface area contributed by atoms with Gasteiger partial charge in [-0.05, 0) is 73.9 Å². The zero-order chi connectivity index (χ0) is 25.3. The summed E-state index contributed by atoms with van der Waals surface area (Å²) in [6, 6.07) is 18.2. The third-order valence-corrected chi connectivity index (χ3v) is 6.91. The lowest BCUT2D eigenvalue weighted by Crippen LogP contribution is -2.29. The molecule has 4 rings (SSSR count). The highest BCUT2D eigenvalue weighted by Crippen LogP contribution is 2.43. The van der Waals surface area contributed by atoms with Gasteiger partial charge in [-0.2, -0.15) is 0 Å². The Morgan fingerprint density at radius 1 is 0.971 bits per heavy atom. The Morgan fingerprint density at radius 3 is 2.26 bits per heavy atom. The number of nitrogens with zero attached hydrogens (tertiary/aromatic N) is 1. The number of hydrogen-bond acceptors (Lipinski definition) is 5. The van der Waals surface area contributed by atoms with Crippen LogP contribution in [0, 0.1) is 13.8 Å². The second-order valence-electron chi connectivity index (χ2n) is 8.26. The van der Waals surface area contributed by atoms with Crippen LogP contribution in [0.15, 0.2) is 76.8 Å². The molecule has 1 fully saturated rings. The van der Waals surface area contributed by atoms with Crippen LogP contribution in [0.3, 0.4) is 0 Å². The molecule has 1 atom stereocenters. The highest BCUT2D eigenvalue weighted by molar-refractivity contribution is 9.10. The lowest BCUT2D eigenvalue weighted by Gasteiger charge is -2.26. The number of ether oxygens (including phenoxy) is 1. The van der Waals surface area contributed by atoms with E-state index in [4.69, 9.17) is 4.74 Å². The molecule has 178 valence electrons. The van der Waals surface area contributed by atoms with Crippen LogP contribution in [0.5, 0.6) is 0 Å². The minimum Gasteiger partial charge on any atom is -0.507 e. The molecule has 0 aliphatic carbocycles. The van der Waals surface area contributed by atoms with Gasteiger partial charge in [0.15, 0.2) is 0 Å². The lowest BCUT2D eigenvalue weighted by molar-refractivity contribution is -0.132. The molecule has 6 nitrogen and oxygen atoms in total. The summed E-state index contributed by atoms with van der Waals surface area (Å²) in [5.74, 6) is -2.23. The molecule has 0 spiro atoms. The first-order chi connectivity index (χ1) is 16.7. The van der Waals surface area contributed by atoms with E-state index in [1.54, 1.807) is 49.4 Å². The number of carbonyl (C=O) groups excluding carboxylic acids is 3. The molecule has 35 heavy (non-hydrogen) atoms. The van der Waals surface area contributed by atoms with Crippen molar-refractivity contribution in [1.29, 1.82) is 0 Å². The van der Waals surface area contributed by atoms with Crippen molar-refractivity contribution in [1.82, 2.24) is 0 Å². The van der Waals surface area contributed by atoms with E-state index in [0.717, 1.165) is 21.2 Å². The van der Waals surface area contributed by atoms with E-state index in [9.17, 15) is 19.5 Å². The van der Waals surface area contributed by atoms with Crippen molar-refractivity contribution in [2.24, 2.45) is 0 Å². The first-order valence-corrected chi connectivity index (χ1v) is 11.9. The monoisotopic (exact) mass is 533 g/mol. The van der Waals surface area contributed by atoms with Crippen LogP contribution < -0.4 is 4.90 Å².